The van der Waals surface area contributed by atoms with E-state index in [1.54, 1.807) is 29.8 Å². The van der Waals surface area contributed by atoms with Gasteiger partial charge >= 0.3 is 0 Å². The van der Waals surface area contributed by atoms with Crippen LogP contribution in [0, 0.1) is 5.92 Å². The van der Waals surface area contributed by atoms with Gasteiger partial charge in [0.1, 0.15) is 5.72 Å². The molecule has 0 aliphatic carbocycles. The van der Waals surface area contributed by atoms with Crippen LogP contribution in [-0.2, 0) is 31.1 Å². The molecule has 3 rings (SSSR count). The molecule has 0 bridgehead atoms. The molecule has 0 saturated heterocycles. The molecule has 3 aromatic rings. The molecule has 0 radical (unpaired) electrons. The van der Waals surface area contributed by atoms with Gasteiger partial charge < -0.3 is 10.4 Å². The smallest absolute Gasteiger partial charge is 0.245 e. The maximum absolute atomic E-state index is 14.0. The SMILES string of the molecule is CC(C)CN(C(O)(CCNC(=O)CC(C)S(C)(=O)=O)Cc1ccccc1)S(=O)(=O)c1ccc2ncsc2c1. The first-order chi connectivity index (χ1) is 17.7. The van der Waals surface area contributed by atoms with Gasteiger partial charge in [-0.25, -0.2) is 21.8 Å². The summed E-state index contributed by atoms with van der Waals surface area (Å²) in [4.78, 5) is 16.7. The Balaban J connectivity index is 1.94. The number of rotatable bonds is 13. The lowest BCUT2D eigenvalue weighted by molar-refractivity contribution is -0.121. The molecule has 1 aromatic heterocycles. The van der Waals surface area contributed by atoms with Gasteiger partial charge in [-0.1, -0.05) is 44.2 Å². The average Bonchev–Trinajstić information content (AvgIpc) is 3.30. The second kappa shape index (κ2) is 12.2. The van der Waals surface area contributed by atoms with Gasteiger partial charge in [0.2, 0.25) is 15.9 Å². The van der Waals surface area contributed by atoms with E-state index in [9.17, 15) is 26.7 Å². The number of amides is 1. The first-order valence-corrected chi connectivity index (χ1v) is 16.6. The van der Waals surface area contributed by atoms with E-state index in [2.05, 4.69) is 10.3 Å². The van der Waals surface area contributed by atoms with Crippen LogP contribution in [0.4, 0.5) is 0 Å². The van der Waals surface area contributed by atoms with Crippen molar-refractivity contribution in [1.82, 2.24) is 14.6 Å². The quantitative estimate of drug-likeness (QED) is 0.296. The second-order valence-electron chi connectivity index (χ2n) is 10.0. The molecule has 0 spiro atoms. The van der Waals surface area contributed by atoms with Crippen molar-refractivity contribution in [3.8, 4) is 0 Å². The fourth-order valence-corrected chi connectivity index (χ4v) is 7.16. The van der Waals surface area contributed by atoms with Gasteiger partial charge in [0, 0.05) is 38.6 Å². The molecule has 12 heteroatoms. The Morgan fingerprint density at radius 1 is 1.11 bits per heavy atom. The van der Waals surface area contributed by atoms with Crippen molar-refractivity contribution < 1.29 is 26.7 Å². The van der Waals surface area contributed by atoms with E-state index in [0.29, 0.717) is 5.52 Å². The van der Waals surface area contributed by atoms with Gasteiger partial charge in [-0.2, -0.15) is 4.31 Å². The van der Waals surface area contributed by atoms with Crippen LogP contribution in [0.3, 0.4) is 0 Å². The minimum Gasteiger partial charge on any atom is -0.374 e. The molecular weight excluding hydrogens is 547 g/mol. The summed E-state index contributed by atoms with van der Waals surface area (Å²) < 4.78 is 53.3. The molecule has 9 nitrogen and oxygen atoms in total. The highest BCUT2D eigenvalue weighted by molar-refractivity contribution is 7.91. The summed E-state index contributed by atoms with van der Waals surface area (Å²) in [6.07, 6.45) is 0.745. The number of hydrogen-bond donors (Lipinski definition) is 2. The predicted molar refractivity (Wildman–Crippen MR) is 150 cm³/mol. The Morgan fingerprint density at radius 3 is 2.42 bits per heavy atom. The van der Waals surface area contributed by atoms with Gasteiger partial charge in [0.25, 0.3) is 0 Å². The fraction of sp³-hybridized carbons (Fsp3) is 0.462. The number of carbonyl (C=O) groups excluding carboxylic acids is 1. The van der Waals surface area contributed by atoms with E-state index >= 15 is 0 Å². The number of hydrogen-bond acceptors (Lipinski definition) is 8. The van der Waals surface area contributed by atoms with Crippen LogP contribution >= 0.6 is 11.3 Å². The number of carbonyl (C=O) groups is 1. The van der Waals surface area contributed by atoms with Gasteiger partial charge in [0.15, 0.2) is 9.84 Å². The van der Waals surface area contributed by atoms with Gasteiger partial charge in [-0.15, -0.1) is 11.3 Å². The van der Waals surface area contributed by atoms with E-state index in [1.807, 2.05) is 32.0 Å². The van der Waals surface area contributed by atoms with Crippen molar-refractivity contribution in [3.63, 3.8) is 0 Å². The highest BCUT2D eigenvalue weighted by atomic mass is 32.2. The van der Waals surface area contributed by atoms with E-state index in [0.717, 1.165) is 20.8 Å². The number of aliphatic hydroxyl groups is 1. The fourth-order valence-electron chi connectivity index (χ4n) is 4.06. The minimum absolute atomic E-state index is 0.00178. The number of nitrogens with one attached hydrogen (secondary N) is 1. The Kier molecular flexibility index (Phi) is 9.69. The molecule has 1 heterocycles. The first kappa shape index (κ1) is 30.2. The van der Waals surface area contributed by atoms with E-state index in [1.165, 1.54) is 24.3 Å². The minimum atomic E-state index is -4.16. The van der Waals surface area contributed by atoms with E-state index in [4.69, 9.17) is 0 Å². The molecule has 0 fully saturated rings. The van der Waals surface area contributed by atoms with Crippen LogP contribution in [0.2, 0.25) is 0 Å². The summed E-state index contributed by atoms with van der Waals surface area (Å²) in [7, 11) is -7.54. The number of fused-ring (bicyclic) bond motifs is 1. The summed E-state index contributed by atoms with van der Waals surface area (Å²) in [6, 6.07) is 13.8. The summed E-state index contributed by atoms with van der Waals surface area (Å²) in [6.45, 7) is 5.19. The summed E-state index contributed by atoms with van der Waals surface area (Å²) in [5.41, 5.74) is 1.19. The molecule has 2 atom stereocenters. The second-order valence-corrected chi connectivity index (χ2v) is 15.2. The first-order valence-electron chi connectivity index (χ1n) is 12.3. The molecule has 0 saturated carbocycles. The lowest BCUT2D eigenvalue weighted by atomic mass is 9.98. The van der Waals surface area contributed by atoms with Crippen LogP contribution in [0.1, 0.15) is 39.2 Å². The van der Waals surface area contributed by atoms with Crippen LogP contribution in [0.25, 0.3) is 10.2 Å². The number of benzene rings is 2. The highest BCUT2D eigenvalue weighted by Crippen LogP contribution is 2.32. The lowest BCUT2D eigenvalue weighted by Gasteiger charge is -2.40. The molecule has 2 N–H and O–H groups in total. The van der Waals surface area contributed by atoms with Crippen molar-refractivity contribution in [3.05, 3.63) is 59.6 Å². The maximum atomic E-state index is 14.0. The third-order valence-electron chi connectivity index (χ3n) is 6.27. The molecular formula is C26H35N3O6S3. The normalized spacial score (nSPS) is 15.0. The Bertz CT molecular complexity index is 1460. The highest BCUT2D eigenvalue weighted by Gasteiger charge is 2.43. The van der Waals surface area contributed by atoms with Crippen molar-refractivity contribution >= 4 is 47.3 Å². The molecule has 38 heavy (non-hydrogen) atoms. The lowest BCUT2D eigenvalue weighted by Crippen LogP contribution is -2.55. The van der Waals surface area contributed by atoms with Gasteiger partial charge in [-0.05, 0) is 36.6 Å². The summed E-state index contributed by atoms with van der Waals surface area (Å²) in [5.74, 6) is -0.594. The maximum Gasteiger partial charge on any atom is 0.245 e. The summed E-state index contributed by atoms with van der Waals surface area (Å²) in [5, 5.41) is 13.9. The molecule has 0 aliphatic heterocycles. The average molecular weight is 582 g/mol. The van der Waals surface area contributed by atoms with Gasteiger partial charge in [0.05, 0.1) is 25.9 Å². The monoisotopic (exact) mass is 581 g/mol. The molecule has 2 aromatic carbocycles. The van der Waals surface area contributed by atoms with Crippen LogP contribution in [-0.4, -0.2) is 67.5 Å². The Hall–Kier alpha value is -2.38. The van der Waals surface area contributed by atoms with E-state index in [-0.39, 0.29) is 43.2 Å². The van der Waals surface area contributed by atoms with Crippen molar-refractivity contribution in [2.45, 2.75) is 55.9 Å². The number of sulfone groups is 1. The molecule has 2 unspecified atom stereocenters. The summed E-state index contributed by atoms with van der Waals surface area (Å²) >= 11 is 1.33. The number of aromatic nitrogens is 1. The van der Waals surface area contributed by atoms with Crippen molar-refractivity contribution in [2.24, 2.45) is 5.92 Å². The van der Waals surface area contributed by atoms with Crippen LogP contribution < -0.4 is 5.32 Å². The predicted octanol–water partition coefficient (Wildman–Crippen LogP) is 3.20. The third-order valence-corrected chi connectivity index (χ3v) is 10.6. The third kappa shape index (κ3) is 7.60. The zero-order valence-corrected chi connectivity index (χ0v) is 24.4. The molecule has 0 aliphatic rings. The van der Waals surface area contributed by atoms with Crippen molar-refractivity contribution in [1.29, 1.82) is 0 Å². The largest absolute Gasteiger partial charge is 0.374 e. The zero-order valence-electron chi connectivity index (χ0n) is 22.0. The number of thiazole rings is 1. The Labute approximate surface area is 228 Å². The number of sulfonamides is 1. The van der Waals surface area contributed by atoms with E-state index < -0.39 is 36.7 Å². The number of nitrogens with zero attached hydrogens (tertiary/aromatic N) is 2. The molecule has 1 amide bonds. The standard InChI is InChI=1S/C26H35N3O6S3/c1-19(2)17-29(38(34,35)22-10-11-23-24(15-22)36-18-28-23)26(31,16-21-8-6-5-7-9-21)12-13-27-25(30)14-20(3)37(4,32)33/h5-11,15,18-20,31H,12-14,16-17H2,1-4H3,(H,27,30). The van der Waals surface area contributed by atoms with Crippen molar-refractivity contribution in [2.75, 3.05) is 19.3 Å². The molecule has 208 valence electrons. The van der Waals surface area contributed by atoms with Gasteiger partial charge in [-0.3, -0.25) is 4.79 Å². The topological polar surface area (TPSA) is 134 Å². The Morgan fingerprint density at radius 2 is 1.79 bits per heavy atom. The van der Waals surface area contributed by atoms with Crippen LogP contribution in [0.15, 0.2) is 58.9 Å². The van der Waals surface area contributed by atoms with Crippen LogP contribution in [0.5, 0.6) is 0 Å². The zero-order chi connectivity index (χ0) is 28.1.